The van der Waals surface area contributed by atoms with Crippen molar-refractivity contribution in [2.75, 3.05) is 22.4 Å². The normalized spacial score (nSPS) is 11.3. The van der Waals surface area contributed by atoms with Crippen LogP contribution < -0.4 is 19.2 Å². The second-order valence-corrected chi connectivity index (χ2v) is 10.2. The summed E-state index contributed by atoms with van der Waals surface area (Å²) in [5.41, 5.74) is 1.47. The number of amides is 1. The number of nitrogens with one attached hydrogen (secondary N) is 1. The molecule has 0 aliphatic heterocycles. The summed E-state index contributed by atoms with van der Waals surface area (Å²) in [5.74, 6) is 0.313. The fourth-order valence-corrected chi connectivity index (χ4v) is 5.07. The van der Waals surface area contributed by atoms with Gasteiger partial charge in [-0.05, 0) is 42.5 Å². The van der Waals surface area contributed by atoms with E-state index in [4.69, 9.17) is 4.74 Å². The summed E-state index contributed by atoms with van der Waals surface area (Å²) in [6, 6.07) is 20.7. The van der Waals surface area contributed by atoms with Gasteiger partial charge in [0.25, 0.3) is 0 Å². The van der Waals surface area contributed by atoms with E-state index in [2.05, 4.69) is 5.32 Å². The van der Waals surface area contributed by atoms with Crippen LogP contribution in [0.5, 0.6) is 11.5 Å². The monoisotopic (exact) mass is 483 g/mol. The number of benzene rings is 3. The first-order chi connectivity index (χ1) is 15.7. The summed E-state index contributed by atoms with van der Waals surface area (Å²) < 4.78 is 34.3. The van der Waals surface area contributed by atoms with Crippen molar-refractivity contribution in [3.8, 4) is 11.5 Å². The van der Waals surface area contributed by atoms with Gasteiger partial charge in [-0.25, -0.2) is 8.42 Å². The fraction of sp³-hybridized carbons (Fsp3) is 0.130. The van der Waals surface area contributed by atoms with Crippen molar-refractivity contribution in [3.63, 3.8) is 0 Å². The third kappa shape index (κ3) is 5.07. The lowest BCUT2D eigenvalue weighted by atomic mass is 10.2. The Morgan fingerprint density at radius 2 is 1.76 bits per heavy atom. The maximum Gasteiger partial charge on any atom is 0.307 e. The van der Waals surface area contributed by atoms with Crippen LogP contribution in [0.3, 0.4) is 0 Å². The number of carbonyl (C=O) groups is 1. The molecule has 1 heterocycles. The Bertz CT molecular complexity index is 1480. The van der Waals surface area contributed by atoms with Gasteiger partial charge in [0.05, 0.1) is 22.2 Å². The molecule has 1 N–H and O–H groups in total. The van der Waals surface area contributed by atoms with Crippen LogP contribution in [0.25, 0.3) is 10.2 Å². The number of thiazole rings is 1. The first-order valence-electron chi connectivity index (χ1n) is 9.91. The van der Waals surface area contributed by atoms with Crippen molar-refractivity contribution in [2.24, 2.45) is 7.05 Å². The zero-order valence-corrected chi connectivity index (χ0v) is 19.5. The quantitative estimate of drug-likeness (QED) is 0.431. The van der Waals surface area contributed by atoms with Crippen LogP contribution in [-0.2, 0) is 21.9 Å². The lowest BCUT2D eigenvalue weighted by Crippen LogP contribution is -2.37. The molecule has 4 rings (SSSR count). The summed E-state index contributed by atoms with van der Waals surface area (Å²) in [5, 5.41) is 2.71. The molecule has 0 unspecified atom stereocenters. The molecule has 10 heteroatoms. The van der Waals surface area contributed by atoms with Gasteiger partial charge in [0.2, 0.25) is 15.9 Å². The van der Waals surface area contributed by atoms with E-state index in [-0.39, 0.29) is 10.6 Å². The highest BCUT2D eigenvalue weighted by Crippen LogP contribution is 2.33. The van der Waals surface area contributed by atoms with Crippen LogP contribution in [0, 0.1) is 0 Å². The van der Waals surface area contributed by atoms with Gasteiger partial charge in [-0.3, -0.25) is 13.9 Å². The summed E-state index contributed by atoms with van der Waals surface area (Å²) >= 11 is 1.07. The zero-order valence-electron chi connectivity index (χ0n) is 17.9. The Morgan fingerprint density at radius 3 is 2.48 bits per heavy atom. The molecule has 1 amide bonds. The van der Waals surface area contributed by atoms with Crippen LogP contribution in [0.4, 0.5) is 11.4 Å². The van der Waals surface area contributed by atoms with E-state index in [0.29, 0.717) is 17.2 Å². The number of anilines is 2. The molecule has 0 saturated carbocycles. The molecule has 0 radical (unpaired) electrons. The molecule has 170 valence electrons. The molecule has 3 aromatic carbocycles. The van der Waals surface area contributed by atoms with Crippen molar-refractivity contribution in [1.29, 1.82) is 0 Å². The van der Waals surface area contributed by atoms with Crippen molar-refractivity contribution in [3.05, 3.63) is 82.5 Å². The number of fused-ring (bicyclic) bond motifs is 1. The number of aromatic nitrogens is 1. The Morgan fingerprint density at radius 1 is 1.06 bits per heavy atom. The third-order valence-corrected chi connectivity index (χ3v) is 6.99. The third-order valence-electron chi connectivity index (χ3n) is 4.87. The van der Waals surface area contributed by atoms with Crippen LogP contribution in [0.2, 0.25) is 0 Å². The fourth-order valence-electron chi connectivity index (χ4n) is 3.29. The van der Waals surface area contributed by atoms with E-state index >= 15 is 0 Å². The molecule has 0 fully saturated rings. The lowest BCUT2D eigenvalue weighted by molar-refractivity contribution is -0.114. The SMILES string of the molecule is Cn1c(=O)sc2cc(NC(=O)CN(c3ccccc3Oc3ccccc3)S(C)(=O)=O)ccc21. The van der Waals surface area contributed by atoms with E-state index < -0.39 is 22.5 Å². The molecule has 0 saturated heterocycles. The standard InChI is InChI=1S/C23H21N3O5S2/c1-25-19-13-12-16(14-21(19)32-23(25)28)24-22(27)15-26(33(2,29)30)18-10-6-7-11-20(18)31-17-8-4-3-5-9-17/h3-14H,15H2,1-2H3,(H,24,27). The highest BCUT2D eigenvalue weighted by Gasteiger charge is 2.24. The summed E-state index contributed by atoms with van der Waals surface area (Å²) in [6.07, 6.45) is 1.03. The molecule has 8 nitrogen and oxygen atoms in total. The van der Waals surface area contributed by atoms with Crippen molar-refractivity contribution in [2.45, 2.75) is 0 Å². The number of para-hydroxylation sites is 3. The second kappa shape index (κ2) is 9.08. The Balaban J connectivity index is 1.59. The molecule has 0 aliphatic rings. The number of aryl methyl sites for hydroxylation is 1. The molecule has 1 aromatic heterocycles. The van der Waals surface area contributed by atoms with E-state index in [1.165, 1.54) is 4.57 Å². The Labute approximate surface area is 194 Å². The maximum atomic E-state index is 12.8. The smallest absolute Gasteiger partial charge is 0.307 e. The minimum Gasteiger partial charge on any atom is -0.455 e. The van der Waals surface area contributed by atoms with E-state index in [1.807, 2.05) is 6.07 Å². The minimum absolute atomic E-state index is 0.105. The molecule has 4 aromatic rings. The Hall–Kier alpha value is -3.63. The summed E-state index contributed by atoms with van der Waals surface area (Å²) in [4.78, 5) is 24.6. The van der Waals surface area contributed by atoms with Gasteiger partial charge >= 0.3 is 4.87 Å². The van der Waals surface area contributed by atoms with E-state index in [9.17, 15) is 18.0 Å². The van der Waals surface area contributed by atoms with Gasteiger partial charge < -0.3 is 14.6 Å². The Kier molecular flexibility index (Phi) is 6.21. The highest BCUT2D eigenvalue weighted by atomic mass is 32.2. The van der Waals surface area contributed by atoms with Crippen molar-refractivity contribution >= 4 is 48.9 Å². The molecule has 0 bridgehead atoms. The second-order valence-electron chi connectivity index (χ2n) is 7.31. The van der Waals surface area contributed by atoms with Crippen LogP contribution in [0.15, 0.2) is 77.6 Å². The van der Waals surface area contributed by atoms with Gasteiger partial charge in [-0.1, -0.05) is 41.7 Å². The van der Waals surface area contributed by atoms with Gasteiger partial charge in [0.1, 0.15) is 12.3 Å². The number of rotatable bonds is 7. The number of ether oxygens (including phenoxy) is 1. The first-order valence-corrected chi connectivity index (χ1v) is 12.6. The largest absolute Gasteiger partial charge is 0.455 e. The van der Waals surface area contributed by atoms with Gasteiger partial charge in [-0.15, -0.1) is 0 Å². The van der Waals surface area contributed by atoms with Gasteiger partial charge in [0.15, 0.2) is 5.75 Å². The number of hydrogen-bond acceptors (Lipinski definition) is 6. The topological polar surface area (TPSA) is 97.7 Å². The molecular formula is C23H21N3O5S2. The lowest BCUT2D eigenvalue weighted by Gasteiger charge is -2.24. The van der Waals surface area contributed by atoms with Crippen molar-refractivity contribution < 1.29 is 17.9 Å². The maximum absolute atomic E-state index is 12.8. The first kappa shape index (κ1) is 22.6. The van der Waals surface area contributed by atoms with Gasteiger partial charge in [0, 0.05) is 12.7 Å². The number of carbonyl (C=O) groups excluding carboxylic acids is 1. The number of sulfonamides is 1. The summed E-state index contributed by atoms with van der Waals surface area (Å²) in [6.45, 7) is -0.447. The van der Waals surface area contributed by atoms with E-state index in [0.717, 1.165) is 32.1 Å². The molecular weight excluding hydrogens is 462 g/mol. The average molecular weight is 484 g/mol. The predicted octanol–water partition coefficient (Wildman–Crippen LogP) is 3.80. The molecule has 0 spiro atoms. The molecule has 0 aliphatic carbocycles. The van der Waals surface area contributed by atoms with Crippen LogP contribution in [0.1, 0.15) is 0 Å². The molecule has 33 heavy (non-hydrogen) atoms. The number of nitrogens with zero attached hydrogens (tertiary/aromatic N) is 2. The molecule has 0 atom stereocenters. The van der Waals surface area contributed by atoms with Gasteiger partial charge in [-0.2, -0.15) is 0 Å². The average Bonchev–Trinajstić information content (AvgIpc) is 3.05. The zero-order chi connectivity index (χ0) is 23.6. The highest BCUT2D eigenvalue weighted by molar-refractivity contribution is 7.92. The van der Waals surface area contributed by atoms with E-state index in [1.54, 1.807) is 73.8 Å². The summed E-state index contributed by atoms with van der Waals surface area (Å²) in [7, 11) is -2.13. The van der Waals surface area contributed by atoms with Crippen LogP contribution in [-0.4, -0.2) is 31.7 Å². The predicted molar refractivity (Wildman–Crippen MR) is 131 cm³/mol. The minimum atomic E-state index is -3.81. The van der Waals surface area contributed by atoms with Crippen LogP contribution >= 0.6 is 11.3 Å². The number of hydrogen-bond donors (Lipinski definition) is 1. The van der Waals surface area contributed by atoms with Crippen molar-refractivity contribution in [1.82, 2.24) is 4.57 Å².